The van der Waals surface area contributed by atoms with Gasteiger partial charge in [0.15, 0.2) is 0 Å². The molecule has 1 heterocycles. The zero-order valence-corrected chi connectivity index (χ0v) is 10.9. The van der Waals surface area contributed by atoms with Crippen molar-refractivity contribution in [2.75, 3.05) is 13.1 Å². The second-order valence-corrected chi connectivity index (χ2v) is 6.31. The van der Waals surface area contributed by atoms with Crippen LogP contribution in [0.2, 0.25) is 0 Å². The summed E-state index contributed by atoms with van der Waals surface area (Å²) < 4.78 is 0. The van der Waals surface area contributed by atoms with E-state index in [2.05, 4.69) is 32.6 Å². The lowest BCUT2D eigenvalue weighted by atomic mass is 9.63. The maximum absolute atomic E-state index is 2.74. The molecule has 0 aromatic carbocycles. The summed E-state index contributed by atoms with van der Waals surface area (Å²) in [6.45, 7) is 12.4. The maximum atomic E-state index is 2.74. The van der Waals surface area contributed by atoms with Gasteiger partial charge in [-0.2, -0.15) is 0 Å². The van der Waals surface area contributed by atoms with E-state index in [-0.39, 0.29) is 0 Å². The Hall–Kier alpha value is -0.0400. The minimum absolute atomic E-state index is 0.630. The molecule has 1 heteroatoms. The van der Waals surface area contributed by atoms with Crippen molar-refractivity contribution in [3.8, 4) is 0 Å². The molecule has 0 radical (unpaired) electrons. The van der Waals surface area contributed by atoms with Crippen molar-refractivity contribution in [2.45, 2.75) is 59.4 Å². The number of hydrogen-bond donors (Lipinski definition) is 0. The van der Waals surface area contributed by atoms with E-state index in [1.807, 2.05) is 0 Å². The Morgan fingerprint density at radius 3 is 1.73 bits per heavy atom. The Morgan fingerprint density at radius 2 is 1.40 bits per heavy atom. The molecule has 2 rings (SSSR count). The summed E-state index contributed by atoms with van der Waals surface area (Å²) in [5.74, 6) is 1.69. The van der Waals surface area contributed by atoms with Gasteiger partial charge in [0.05, 0.1) is 0 Å². The van der Waals surface area contributed by atoms with Crippen LogP contribution in [-0.4, -0.2) is 24.0 Å². The number of likely N-dealkylation sites (tertiary alicyclic amines) is 1. The third-order valence-electron chi connectivity index (χ3n) is 5.09. The lowest BCUT2D eigenvalue weighted by molar-refractivity contribution is 0.0165. The fraction of sp³-hybridized carbons (Fsp3) is 1.00. The molecule has 0 bridgehead atoms. The van der Waals surface area contributed by atoms with Crippen molar-refractivity contribution in [3.05, 3.63) is 0 Å². The molecule has 0 aromatic heterocycles. The molecule has 0 amide bonds. The highest BCUT2D eigenvalue weighted by Crippen LogP contribution is 2.46. The number of hydrogen-bond acceptors (Lipinski definition) is 1. The highest BCUT2D eigenvalue weighted by Gasteiger charge is 2.42. The van der Waals surface area contributed by atoms with Gasteiger partial charge in [0.2, 0.25) is 0 Å². The highest BCUT2D eigenvalue weighted by molar-refractivity contribution is 4.94. The molecule has 0 N–H and O–H groups in total. The average Bonchev–Trinajstić information content (AvgIpc) is 3.00. The van der Waals surface area contributed by atoms with Crippen LogP contribution in [0.4, 0.5) is 0 Å². The molecular weight excluding hydrogens is 182 g/mol. The molecule has 15 heavy (non-hydrogen) atoms. The molecule has 0 atom stereocenters. The van der Waals surface area contributed by atoms with Crippen molar-refractivity contribution in [1.82, 2.24) is 4.90 Å². The third-order valence-corrected chi connectivity index (χ3v) is 5.09. The van der Waals surface area contributed by atoms with Crippen LogP contribution in [0.15, 0.2) is 0 Å². The minimum atomic E-state index is 0.630. The van der Waals surface area contributed by atoms with Gasteiger partial charge in [0, 0.05) is 6.04 Å². The van der Waals surface area contributed by atoms with Gasteiger partial charge in [-0.05, 0) is 56.0 Å². The smallest absolute Gasteiger partial charge is 0.00964 e. The first-order valence-electron chi connectivity index (χ1n) is 6.80. The molecule has 0 aromatic rings. The van der Waals surface area contributed by atoms with Crippen molar-refractivity contribution < 1.29 is 0 Å². The molecule has 1 aliphatic carbocycles. The van der Waals surface area contributed by atoms with Gasteiger partial charge < -0.3 is 4.90 Å². The Kier molecular flexibility index (Phi) is 3.12. The zero-order valence-electron chi connectivity index (χ0n) is 10.9. The monoisotopic (exact) mass is 209 g/mol. The Labute approximate surface area is 95.2 Å². The first kappa shape index (κ1) is 11.4. The van der Waals surface area contributed by atoms with Gasteiger partial charge in [-0.1, -0.05) is 27.7 Å². The van der Waals surface area contributed by atoms with Gasteiger partial charge in [0.1, 0.15) is 0 Å². The highest BCUT2D eigenvalue weighted by atomic mass is 15.2. The standard InChI is InChI=1S/C14H27N/c1-11(2)14(12(3)4)7-9-15(10-8-14)13-5-6-13/h11-13H,5-10H2,1-4H3. The van der Waals surface area contributed by atoms with E-state index in [1.165, 1.54) is 38.8 Å². The molecule has 1 aliphatic heterocycles. The summed E-state index contributed by atoms with van der Waals surface area (Å²) in [7, 11) is 0. The maximum Gasteiger partial charge on any atom is 0.00964 e. The summed E-state index contributed by atoms with van der Waals surface area (Å²) in [6, 6.07) is 0.974. The number of nitrogens with zero attached hydrogens (tertiary/aromatic N) is 1. The van der Waals surface area contributed by atoms with Crippen LogP contribution in [0.25, 0.3) is 0 Å². The second kappa shape index (κ2) is 4.08. The lowest BCUT2D eigenvalue weighted by Crippen LogP contribution is -2.46. The molecule has 1 nitrogen and oxygen atoms in total. The van der Waals surface area contributed by atoms with E-state index < -0.39 is 0 Å². The molecule has 2 aliphatic rings. The molecule has 88 valence electrons. The average molecular weight is 209 g/mol. The fourth-order valence-electron chi connectivity index (χ4n) is 3.57. The van der Waals surface area contributed by atoms with E-state index in [0.717, 1.165) is 17.9 Å². The summed E-state index contributed by atoms with van der Waals surface area (Å²) >= 11 is 0. The van der Waals surface area contributed by atoms with E-state index >= 15 is 0 Å². The van der Waals surface area contributed by atoms with E-state index in [0.29, 0.717) is 5.41 Å². The molecule has 2 fully saturated rings. The summed E-state index contributed by atoms with van der Waals surface area (Å²) in [6.07, 6.45) is 5.80. The van der Waals surface area contributed by atoms with Gasteiger partial charge in [-0.15, -0.1) is 0 Å². The Balaban J connectivity index is 1.98. The lowest BCUT2D eigenvalue weighted by Gasteiger charge is -2.48. The van der Waals surface area contributed by atoms with Gasteiger partial charge in [0.25, 0.3) is 0 Å². The normalized spacial score (nSPS) is 27.6. The van der Waals surface area contributed by atoms with Gasteiger partial charge in [-0.3, -0.25) is 0 Å². The van der Waals surface area contributed by atoms with Gasteiger partial charge >= 0.3 is 0 Å². The summed E-state index contributed by atoms with van der Waals surface area (Å²) in [5.41, 5.74) is 0.630. The topological polar surface area (TPSA) is 3.24 Å². The predicted octanol–water partition coefficient (Wildman–Crippen LogP) is 3.54. The SMILES string of the molecule is CC(C)C1(C(C)C)CCN(C2CC2)CC1. The first-order valence-corrected chi connectivity index (χ1v) is 6.80. The first-order chi connectivity index (χ1) is 7.06. The Bertz CT molecular complexity index is 197. The summed E-state index contributed by atoms with van der Waals surface area (Å²) in [4.78, 5) is 2.74. The molecule has 1 saturated heterocycles. The zero-order chi connectivity index (χ0) is 11.1. The summed E-state index contributed by atoms with van der Waals surface area (Å²) in [5, 5.41) is 0. The van der Waals surface area contributed by atoms with Crippen LogP contribution in [-0.2, 0) is 0 Å². The predicted molar refractivity (Wildman–Crippen MR) is 65.9 cm³/mol. The number of piperidine rings is 1. The van der Waals surface area contributed by atoms with Crippen LogP contribution in [0.5, 0.6) is 0 Å². The largest absolute Gasteiger partial charge is 0.300 e. The molecule has 0 spiro atoms. The van der Waals surface area contributed by atoms with Crippen LogP contribution < -0.4 is 0 Å². The second-order valence-electron chi connectivity index (χ2n) is 6.31. The van der Waals surface area contributed by atoms with Crippen LogP contribution in [0.3, 0.4) is 0 Å². The van der Waals surface area contributed by atoms with Crippen molar-refractivity contribution in [2.24, 2.45) is 17.3 Å². The molecule has 1 saturated carbocycles. The van der Waals surface area contributed by atoms with E-state index in [9.17, 15) is 0 Å². The quantitative estimate of drug-likeness (QED) is 0.687. The van der Waals surface area contributed by atoms with E-state index in [1.54, 1.807) is 0 Å². The third kappa shape index (κ3) is 2.08. The van der Waals surface area contributed by atoms with Crippen molar-refractivity contribution in [3.63, 3.8) is 0 Å². The van der Waals surface area contributed by atoms with E-state index in [4.69, 9.17) is 0 Å². The van der Waals surface area contributed by atoms with Crippen molar-refractivity contribution in [1.29, 1.82) is 0 Å². The Morgan fingerprint density at radius 1 is 0.933 bits per heavy atom. The minimum Gasteiger partial charge on any atom is -0.300 e. The van der Waals surface area contributed by atoms with Crippen molar-refractivity contribution >= 4 is 0 Å². The van der Waals surface area contributed by atoms with Gasteiger partial charge in [-0.25, -0.2) is 0 Å². The van der Waals surface area contributed by atoms with Crippen LogP contribution >= 0.6 is 0 Å². The van der Waals surface area contributed by atoms with Crippen LogP contribution in [0.1, 0.15) is 53.4 Å². The van der Waals surface area contributed by atoms with Crippen LogP contribution in [0, 0.1) is 17.3 Å². The molecule has 0 unspecified atom stereocenters. The molecular formula is C14H27N. The fourth-order valence-corrected chi connectivity index (χ4v) is 3.57. The number of rotatable bonds is 3.